The average Bonchev–Trinajstić information content (AvgIpc) is 2.35. The van der Waals surface area contributed by atoms with E-state index in [1.165, 1.54) is 6.92 Å². The molecule has 0 fully saturated rings. The maximum Gasteiger partial charge on any atom is 0.216 e. The van der Waals surface area contributed by atoms with Crippen molar-refractivity contribution < 1.29 is 4.79 Å². The van der Waals surface area contributed by atoms with Gasteiger partial charge < -0.3 is 5.32 Å². The van der Waals surface area contributed by atoms with Crippen LogP contribution in [0, 0.1) is 6.92 Å². The number of carbonyl (C=O) groups excluding carboxylic acids is 1. The van der Waals surface area contributed by atoms with E-state index in [0.29, 0.717) is 6.54 Å². The summed E-state index contributed by atoms with van der Waals surface area (Å²) in [6.07, 6.45) is 3.75. The van der Waals surface area contributed by atoms with Crippen molar-refractivity contribution in [3.05, 3.63) is 18.0 Å². The molecule has 0 aliphatic carbocycles. The third-order valence-electron chi connectivity index (χ3n) is 1.48. The molecular weight excluding hydrogens is 154 g/mol. The van der Waals surface area contributed by atoms with Crippen LogP contribution in [0.25, 0.3) is 0 Å². The van der Waals surface area contributed by atoms with Crippen molar-refractivity contribution in [3.63, 3.8) is 0 Å². The Morgan fingerprint density at radius 2 is 2.50 bits per heavy atom. The van der Waals surface area contributed by atoms with Gasteiger partial charge in [-0.25, -0.2) is 0 Å². The molecule has 0 aliphatic rings. The van der Waals surface area contributed by atoms with Gasteiger partial charge in [-0.15, -0.1) is 0 Å². The van der Waals surface area contributed by atoms with E-state index in [0.717, 1.165) is 12.1 Å². The maximum absolute atomic E-state index is 10.5. The first-order chi connectivity index (χ1) is 5.68. The van der Waals surface area contributed by atoms with Gasteiger partial charge in [-0.05, 0) is 12.5 Å². The van der Waals surface area contributed by atoms with Crippen LogP contribution in [-0.4, -0.2) is 22.2 Å². The number of amides is 1. The van der Waals surface area contributed by atoms with Crippen LogP contribution < -0.4 is 5.32 Å². The molecule has 4 heteroatoms. The number of hydrogen-bond donors (Lipinski definition) is 1. The molecule has 0 saturated heterocycles. The van der Waals surface area contributed by atoms with Crippen LogP contribution in [0.3, 0.4) is 0 Å². The molecule has 1 rings (SSSR count). The van der Waals surface area contributed by atoms with E-state index in [9.17, 15) is 4.79 Å². The summed E-state index contributed by atoms with van der Waals surface area (Å²) in [4.78, 5) is 10.5. The van der Waals surface area contributed by atoms with Crippen LogP contribution in [0.1, 0.15) is 12.5 Å². The Kier molecular flexibility index (Phi) is 2.85. The molecule has 1 aromatic rings. The van der Waals surface area contributed by atoms with Crippen LogP contribution >= 0.6 is 0 Å². The van der Waals surface area contributed by atoms with E-state index < -0.39 is 0 Å². The summed E-state index contributed by atoms with van der Waals surface area (Å²) >= 11 is 0. The Labute approximate surface area is 71.6 Å². The molecule has 1 heterocycles. The number of nitrogens with one attached hydrogen (secondary N) is 1. The minimum absolute atomic E-state index is 0.00104. The number of aryl methyl sites for hydroxylation is 1. The van der Waals surface area contributed by atoms with Crippen molar-refractivity contribution in [1.82, 2.24) is 15.1 Å². The summed E-state index contributed by atoms with van der Waals surface area (Å²) in [5, 5.41) is 6.78. The van der Waals surface area contributed by atoms with Gasteiger partial charge in [0.25, 0.3) is 0 Å². The predicted molar refractivity (Wildman–Crippen MR) is 45.6 cm³/mol. The second-order valence-corrected chi connectivity index (χ2v) is 2.76. The molecule has 0 aromatic carbocycles. The Morgan fingerprint density at radius 1 is 1.75 bits per heavy atom. The molecule has 0 bridgehead atoms. The molecule has 0 unspecified atom stereocenters. The third-order valence-corrected chi connectivity index (χ3v) is 1.48. The average molecular weight is 167 g/mol. The molecule has 1 N–H and O–H groups in total. The summed E-state index contributed by atoms with van der Waals surface area (Å²) in [5.74, 6) is -0.00104. The fourth-order valence-corrected chi connectivity index (χ4v) is 0.936. The van der Waals surface area contributed by atoms with Gasteiger partial charge in [0.15, 0.2) is 0 Å². The second kappa shape index (κ2) is 3.90. The van der Waals surface area contributed by atoms with E-state index >= 15 is 0 Å². The number of nitrogens with zero attached hydrogens (tertiary/aromatic N) is 2. The molecule has 0 spiro atoms. The van der Waals surface area contributed by atoms with E-state index in [1.54, 1.807) is 6.20 Å². The van der Waals surface area contributed by atoms with E-state index in [1.807, 2.05) is 17.8 Å². The lowest BCUT2D eigenvalue weighted by molar-refractivity contribution is -0.118. The normalized spacial score (nSPS) is 9.83. The zero-order valence-electron chi connectivity index (χ0n) is 7.37. The third kappa shape index (κ3) is 2.74. The lowest BCUT2D eigenvalue weighted by Crippen LogP contribution is -2.24. The SMILES string of the molecule is CC(=O)NCCn1cc(C)cn1. The van der Waals surface area contributed by atoms with Gasteiger partial charge in [0.05, 0.1) is 12.7 Å². The van der Waals surface area contributed by atoms with Gasteiger partial charge >= 0.3 is 0 Å². The topological polar surface area (TPSA) is 46.9 Å². The highest BCUT2D eigenvalue weighted by Crippen LogP contribution is 1.92. The first-order valence-corrected chi connectivity index (χ1v) is 3.92. The van der Waals surface area contributed by atoms with Crippen molar-refractivity contribution in [2.24, 2.45) is 0 Å². The van der Waals surface area contributed by atoms with Crippen LogP contribution in [0.2, 0.25) is 0 Å². The Hall–Kier alpha value is -1.32. The van der Waals surface area contributed by atoms with Crippen molar-refractivity contribution >= 4 is 5.91 Å². The van der Waals surface area contributed by atoms with E-state index in [2.05, 4.69) is 10.4 Å². The van der Waals surface area contributed by atoms with Gasteiger partial charge in [-0.1, -0.05) is 0 Å². The quantitative estimate of drug-likeness (QED) is 0.705. The lowest BCUT2D eigenvalue weighted by Gasteiger charge is -2.01. The van der Waals surface area contributed by atoms with Crippen LogP contribution in [0.5, 0.6) is 0 Å². The van der Waals surface area contributed by atoms with Crippen LogP contribution in [0.15, 0.2) is 12.4 Å². The van der Waals surface area contributed by atoms with Crippen LogP contribution in [0.4, 0.5) is 0 Å². The summed E-state index contributed by atoms with van der Waals surface area (Å²) < 4.78 is 1.81. The van der Waals surface area contributed by atoms with Gasteiger partial charge in [-0.3, -0.25) is 9.48 Å². The Balaban J connectivity index is 2.29. The first kappa shape index (κ1) is 8.77. The zero-order chi connectivity index (χ0) is 8.97. The highest BCUT2D eigenvalue weighted by molar-refractivity contribution is 5.72. The van der Waals surface area contributed by atoms with Crippen molar-refractivity contribution in [2.75, 3.05) is 6.54 Å². The minimum Gasteiger partial charge on any atom is -0.354 e. The maximum atomic E-state index is 10.5. The van der Waals surface area contributed by atoms with Crippen LogP contribution in [-0.2, 0) is 11.3 Å². The first-order valence-electron chi connectivity index (χ1n) is 3.92. The molecule has 0 saturated carbocycles. The predicted octanol–water partition coefficient (Wildman–Crippen LogP) is 0.328. The van der Waals surface area contributed by atoms with Crippen molar-refractivity contribution in [3.8, 4) is 0 Å². The minimum atomic E-state index is -0.00104. The second-order valence-electron chi connectivity index (χ2n) is 2.76. The zero-order valence-corrected chi connectivity index (χ0v) is 7.37. The highest BCUT2D eigenvalue weighted by Gasteiger charge is 1.93. The van der Waals surface area contributed by atoms with Gasteiger partial charge in [0, 0.05) is 19.7 Å². The van der Waals surface area contributed by atoms with E-state index in [-0.39, 0.29) is 5.91 Å². The molecule has 66 valence electrons. The van der Waals surface area contributed by atoms with Gasteiger partial charge in [0.2, 0.25) is 5.91 Å². The molecule has 0 atom stereocenters. The van der Waals surface area contributed by atoms with Gasteiger partial charge in [0.1, 0.15) is 0 Å². The summed E-state index contributed by atoms with van der Waals surface area (Å²) in [6, 6.07) is 0. The summed E-state index contributed by atoms with van der Waals surface area (Å²) in [7, 11) is 0. The fraction of sp³-hybridized carbons (Fsp3) is 0.500. The smallest absolute Gasteiger partial charge is 0.216 e. The lowest BCUT2D eigenvalue weighted by atomic mass is 10.4. The molecule has 0 aliphatic heterocycles. The number of carbonyl (C=O) groups is 1. The largest absolute Gasteiger partial charge is 0.354 e. The summed E-state index contributed by atoms with van der Waals surface area (Å²) in [6.45, 7) is 4.86. The van der Waals surface area contributed by atoms with Gasteiger partial charge in [-0.2, -0.15) is 5.10 Å². The Bertz CT molecular complexity index is 267. The van der Waals surface area contributed by atoms with Crippen molar-refractivity contribution in [2.45, 2.75) is 20.4 Å². The molecular formula is C8H13N3O. The Morgan fingerprint density at radius 3 is 3.00 bits per heavy atom. The molecule has 12 heavy (non-hydrogen) atoms. The standard InChI is InChI=1S/C8H13N3O/c1-7-5-10-11(6-7)4-3-9-8(2)12/h5-6H,3-4H2,1-2H3,(H,9,12). The number of rotatable bonds is 3. The fourth-order valence-electron chi connectivity index (χ4n) is 0.936. The highest BCUT2D eigenvalue weighted by atomic mass is 16.1. The molecule has 1 amide bonds. The number of hydrogen-bond acceptors (Lipinski definition) is 2. The van der Waals surface area contributed by atoms with Crippen molar-refractivity contribution in [1.29, 1.82) is 0 Å². The van der Waals surface area contributed by atoms with E-state index in [4.69, 9.17) is 0 Å². The molecule has 0 radical (unpaired) electrons. The number of aromatic nitrogens is 2. The molecule has 4 nitrogen and oxygen atoms in total. The summed E-state index contributed by atoms with van der Waals surface area (Å²) in [5.41, 5.74) is 1.14. The monoisotopic (exact) mass is 167 g/mol. The molecule has 1 aromatic heterocycles.